The molecule has 0 aromatic heterocycles. The van der Waals surface area contributed by atoms with Crippen molar-refractivity contribution < 1.29 is 13.3 Å². The van der Waals surface area contributed by atoms with Gasteiger partial charge in [-0.15, -0.1) is 0 Å². The number of nitrogens with two attached hydrogens (primary N) is 1. The van der Waals surface area contributed by atoms with E-state index in [1.54, 1.807) is 21.3 Å². The second kappa shape index (κ2) is 9.95. The van der Waals surface area contributed by atoms with E-state index in [0.29, 0.717) is 6.54 Å². The summed E-state index contributed by atoms with van der Waals surface area (Å²) in [5, 5.41) is 6.63. The van der Waals surface area contributed by atoms with E-state index in [2.05, 4.69) is 17.6 Å². The van der Waals surface area contributed by atoms with Crippen LogP contribution >= 0.6 is 0 Å². The zero-order valence-corrected chi connectivity index (χ0v) is 12.4. The highest BCUT2D eigenvalue weighted by Crippen LogP contribution is 2.14. The summed E-state index contributed by atoms with van der Waals surface area (Å²) in [7, 11) is 2.33. The van der Waals surface area contributed by atoms with E-state index in [-0.39, 0.29) is 5.67 Å². The number of hydrogen-bond acceptors (Lipinski definition) is 6. The lowest BCUT2D eigenvalue weighted by Gasteiger charge is -2.32. The Morgan fingerprint density at radius 1 is 1.06 bits per heavy atom. The van der Waals surface area contributed by atoms with Crippen LogP contribution < -0.4 is 16.4 Å². The molecule has 0 aliphatic rings. The molecule has 0 aliphatic carbocycles. The van der Waals surface area contributed by atoms with Crippen LogP contribution in [-0.4, -0.2) is 62.0 Å². The van der Waals surface area contributed by atoms with Crippen LogP contribution in [0, 0.1) is 0 Å². The van der Waals surface area contributed by atoms with Crippen LogP contribution in [0.1, 0.15) is 13.3 Å². The van der Waals surface area contributed by atoms with Gasteiger partial charge in [-0.25, -0.2) is 0 Å². The summed E-state index contributed by atoms with van der Waals surface area (Å²) in [6, 6.07) is 0. The molecule has 4 N–H and O–H groups in total. The van der Waals surface area contributed by atoms with Gasteiger partial charge in [0.15, 0.2) is 0 Å². The van der Waals surface area contributed by atoms with E-state index in [1.807, 2.05) is 0 Å². The Morgan fingerprint density at radius 2 is 1.65 bits per heavy atom. The molecule has 1 atom stereocenters. The van der Waals surface area contributed by atoms with Gasteiger partial charge in [0.25, 0.3) is 0 Å². The zero-order valence-electron chi connectivity index (χ0n) is 11.4. The summed E-state index contributed by atoms with van der Waals surface area (Å²) < 4.78 is 16.4. The molecule has 0 bridgehead atoms. The minimum Gasteiger partial charge on any atom is -0.376 e. The Morgan fingerprint density at radius 3 is 2.06 bits per heavy atom. The Bertz CT molecular complexity index is 174. The molecule has 0 saturated carbocycles. The SMILES string of the molecule is CCC(NCCNCCN)[Si](OC)(OC)OC. The smallest absolute Gasteiger partial charge is 0.376 e. The van der Waals surface area contributed by atoms with Crippen molar-refractivity contribution in [2.45, 2.75) is 19.0 Å². The quantitative estimate of drug-likeness (QED) is 0.339. The van der Waals surface area contributed by atoms with Crippen molar-refractivity contribution in [3.05, 3.63) is 0 Å². The van der Waals surface area contributed by atoms with Crippen molar-refractivity contribution in [3.8, 4) is 0 Å². The van der Waals surface area contributed by atoms with E-state index >= 15 is 0 Å². The van der Waals surface area contributed by atoms with E-state index in [4.69, 9.17) is 19.0 Å². The Balaban J connectivity index is 4.11. The van der Waals surface area contributed by atoms with Crippen LogP contribution in [0.2, 0.25) is 0 Å². The molecular weight excluding hydrogens is 238 g/mol. The fourth-order valence-corrected chi connectivity index (χ4v) is 4.01. The largest absolute Gasteiger partial charge is 0.517 e. The number of nitrogens with one attached hydrogen (secondary N) is 2. The van der Waals surface area contributed by atoms with Gasteiger partial charge in [0.05, 0.1) is 5.67 Å². The monoisotopic (exact) mass is 265 g/mol. The molecule has 0 spiro atoms. The maximum atomic E-state index is 5.46. The first-order valence-corrected chi connectivity index (χ1v) is 7.80. The molecule has 17 heavy (non-hydrogen) atoms. The summed E-state index contributed by atoms with van der Waals surface area (Å²) >= 11 is 0. The first kappa shape index (κ1) is 17.0. The van der Waals surface area contributed by atoms with Crippen LogP contribution in [0.3, 0.4) is 0 Å². The molecule has 6 nitrogen and oxygen atoms in total. The number of rotatable bonds is 11. The highest BCUT2D eigenvalue weighted by molar-refractivity contribution is 6.62. The lowest BCUT2D eigenvalue weighted by molar-refractivity contribution is 0.106. The summed E-state index contributed by atoms with van der Waals surface area (Å²) in [6.45, 7) is 5.28. The van der Waals surface area contributed by atoms with E-state index < -0.39 is 8.80 Å². The Kier molecular flexibility index (Phi) is 9.94. The number of hydrogen-bond donors (Lipinski definition) is 3. The van der Waals surface area contributed by atoms with Gasteiger partial charge in [-0.05, 0) is 6.42 Å². The third kappa shape index (κ3) is 5.43. The molecule has 0 rings (SSSR count). The second-order valence-electron chi connectivity index (χ2n) is 3.67. The lowest BCUT2D eigenvalue weighted by atomic mass is 10.4. The van der Waals surface area contributed by atoms with Gasteiger partial charge in [-0.3, -0.25) is 0 Å². The molecular formula is C10H27N3O3Si. The highest BCUT2D eigenvalue weighted by atomic mass is 28.4. The van der Waals surface area contributed by atoms with Gasteiger partial charge in [0.1, 0.15) is 0 Å². The molecule has 7 heteroatoms. The van der Waals surface area contributed by atoms with Crippen molar-refractivity contribution >= 4 is 8.80 Å². The van der Waals surface area contributed by atoms with Gasteiger partial charge in [0.2, 0.25) is 0 Å². The predicted octanol–water partition coefficient (Wildman–Crippen LogP) is -0.680. The molecule has 1 unspecified atom stereocenters. The summed E-state index contributed by atoms with van der Waals surface area (Å²) in [5.74, 6) is 0. The maximum absolute atomic E-state index is 5.46. The summed E-state index contributed by atoms with van der Waals surface area (Å²) in [4.78, 5) is 0. The average Bonchev–Trinajstić information content (AvgIpc) is 2.38. The normalized spacial score (nSPS) is 13.9. The molecule has 0 fully saturated rings. The van der Waals surface area contributed by atoms with Crippen LogP contribution in [-0.2, 0) is 13.3 Å². The fraction of sp³-hybridized carbons (Fsp3) is 1.00. The molecule has 0 aliphatic heterocycles. The van der Waals surface area contributed by atoms with Crippen LogP contribution in [0.25, 0.3) is 0 Å². The average molecular weight is 265 g/mol. The lowest BCUT2D eigenvalue weighted by Crippen LogP contribution is -2.60. The van der Waals surface area contributed by atoms with Crippen molar-refractivity contribution in [1.82, 2.24) is 10.6 Å². The van der Waals surface area contributed by atoms with Crippen LogP contribution in [0.4, 0.5) is 0 Å². The molecule has 0 radical (unpaired) electrons. The molecule has 104 valence electrons. The van der Waals surface area contributed by atoms with Crippen molar-refractivity contribution in [2.75, 3.05) is 47.5 Å². The summed E-state index contributed by atoms with van der Waals surface area (Å²) in [6.07, 6.45) is 0.901. The van der Waals surface area contributed by atoms with Crippen LogP contribution in [0.15, 0.2) is 0 Å². The third-order valence-electron chi connectivity index (χ3n) is 2.70. The molecule has 0 heterocycles. The van der Waals surface area contributed by atoms with Crippen molar-refractivity contribution in [3.63, 3.8) is 0 Å². The van der Waals surface area contributed by atoms with Gasteiger partial charge >= 0.3 is 8.80 Å². The van der Waals surface area contributed by atoms with E-state index in [1.165, 1.54) is 0 Å². The zero-order chi connectivity index (χ0) is 13.1. The van der Waals surface area contributed by atoms with Crippen molar-refractivity contribution in [2.24, 2.45) is 5.73 Å². The highest BCUT2D eigenvalue weighted by Gasteiger charge is 2.46. The third-order valence-corrected chi connectivity index (χ3v) is 5.88. The Labute approximate surface area is 106 Å². The van der Waals surface area contributed by atoms with E-state index in [9.17, 15) is 0 Å². The van der Waals surface area contributed by atoms with Gasteiger partial charge < -0.3 is 29.6 Å². The molecule has 0 aromatic carbocycles. The van der Waals surface area contributed by atoms with Crippen molar-refractivity contribution in [1.29, 1.82) is 0 Å². The standard InChI is InChI=1S/C10H27N3O3Si/c1-5-10(13-9-8-12-7-6-11)17(14-2,15-3)16-4/h10,12-13H,5-9,11H2,1-4H3. The maximum Gasteiger partial charge on any atom is 0.517 e. The van der Waals surface area contributed by atoms with Crippen LogP contribution in [0.5, 0.6) is 0 Å². The molecule has 0 aromatic rings. The molecule has 0 saturated heterocycles. The van der Waals surface area contributed by atoms with Gasteiger partial charge in [-0.1, -0.05) is 6.92 Å². The van der Waals surface area contributed by atoms with Gasteiger partial charge in [-0.2, -0.15) is 0 Å². The second-order valence-corrected chi connectivity index (χ2v) is 6.80. The molecule has 0 amide bonds. The topological polar surface area (TPSA) is 77.8 Å². The first-order chi connectivity index (χ1) is 8.20. The van der Waals surface area contributed by atoms with Gasteiger partial charge in [0, 0.05) is 47.5 Å². The van der Waals surface area contributed by atoms with E-state index in [0.717, 1.165) is 26.1 Å². The predicted molar refractivity (Wildman–Crippen MR) is 70.8 cm³/mol. The fourth-order valence-electron chi connectivity index (χ4n) is 1.76. The first-order valence-electron chi connectivity index (χ1n) is 6.00. The minimum atomic E-state index is -2.58. The minimum absolute atomic E-state index is 0.113. The summed E-state index contributed by atoms with van der Waals surface area (Å²) in [5.41, 5.74) is 5.51. The Hall–Kier alpha value is -0.0231.